The second-order valence-corrected chi connectivity index (χ2v) is 1.85. The van der Waals surface area contributed by atoms with Crippen molar-refractivity contribution in [2.75, 3.05) is 0 Å². The lowest BCUT2D eigenvalue weighted by atomic mass is 10.3. The molecule has 0 radical (unpaired) electrons. The molecule has 0 fully saturated rings. The van der Waals surface area contributed by atoms with E-state index in [4.69, 9.17) is 0 Å². The largest absolute Gasteiger partial charge is 0.207 e. The third-order valence-corrected chi connectivity index (χ3v) is 0.791. The van der Waals surface area contributed by atoms with Crippen LogP contribution in [0.4, 0.5) is 4.39 Å². The van der Waals surface area contributed by atoms with Gasteiger partial charge in [-0.05, 0) is 32.4 Å². The minimum atomic E-state index is -0.132. The number of hydrogen-bond acceptors (Lipinski definition) is 0. The average Bonchev–Trinajstić information content (AvgIpc) is 1.93. The zero-order chi connectivity index (χ0) is 8.57. The van der Waals surface area contributed by atoms with Crippen LogP contribution in [0, 0.1) is 0 Å². The summed E-state index contributed by atoms with van der Waals surface area (Å²) in [5.74, 6) is -0.132. The average molecular weight is 144 g/mol. The Hall–Kier alpha value is -0.590. The van der Waals surface area contributed by atoms with Gasteiger partial charge in [0.15, 0.2) is 0 Å². The van der Waals surface area contributed by atoms with Crippen molar-refractivity contribution in [1.82, 2.24) is 0 Å². The van der Waals surface area contributed by atoms with Gasteiger partial charge in [-0.3, -0.25) is 0 Å². The van der Waals surface area contributed by atoms with E-state index >= 15 is 0 Å². The molecule has 0 saturated carbocycles. The molecule has 0 nitrogen and oxygen atoms in total. The predicted molar refractivity (Wildman–Crippen MR) is 45.6 cm³/mol. The van der Waals surface area contributed by atoms with Gasteiger partial charge in [0, 0.05) is 0 Å². The van der Waals surface area contributed by atoms with Crippen LogP contribution in [-0.2, 0) is 0 Å². The molecular weight excluding hydrogens is 127 g/mol. The fraction of sp³-hybridized carbons (Fsp3) is 0.556. The van der Waals surface area contributed by atoms with Gasteiger partial charge in [0.1, 0.15) is 5.83 Å². The van der Waals surface area contributed by atoms with E-state index < -0.39 is 0 Å². The Morgan fingerprint density at radius 1 is 1.20 bits per heavy atom. The molecule has 0 rings (SSSR count). The fourth-order valence-corrected chi connectivity index (χ4v) is 0.313. The van der Waals surface area contributed by atoms with E-state index in [1.165, 1.54) is 6.08 Å². The summed E-state index contributed by atoms with van der Waals surface area (Å²) in [4.78, 5) is 0. The highest BCUT2D eigenvalue weighted by atomic mass is 19.1. The van der Waals surface area contributed by atoms with Crippen LogP contribution in [0.25, 0.3) is 0 Å². The second-order valence-electron chi connectivity index (χ2n) is 1.85. The van der Waals surface area contributed by atoms with Crippen LogP contribution in [0.3, 0.4) is 0 Å². The maximum Gasteiger partial charge on any atom is 0.121 e. The summed E-state index contributed by atoms with van der Waals surface area (Å²) in [5.41, 5.74) is 0.725. The number of hydrogen-bond donors (Lipinski definition) is 0. The first-order chi connectivity index (χ1) is 4.68. The van der Waals surface area contributed by atoms with Crippen molar-refractivity contribution in [2.45, 2.75) is 34.6 Å². The topological polar surface area (TPSA) is 0 Å². The number of halogens is 1. The predicted octanol–water partition coefficient (Wildman–Crippen LogP) is 3.85. The maximum absolute atomic E-state index is 12.3. The van der Waals surface area contributed by atoms with Crippen molar-refractivity contribution >= 4 is 0 Å². The summed E-state index contributed by atoms with van der Waals surface area (Å²) < 4.78 is 12.3. The van der Waals surface area contributed by atoms with Crippen molar-refractivity contribution in [3.05, 3.63) is 23.6 Å². The number of rotatable bonds is 1. The fourth-order valence-electron chi connectivity index (χ4n) is 0.313. The summed E-state index contributed by atoms with van der Waals surface area (Å²) >= 11 is 0. The normalized spacial score (nSPS) is 8.60. The second kappa shape index (κ2) is 8.41. The minimum Gasteiger partial charge on any atom is -0.207 e. The summed E-state index contributed by atoms with van der Waals surface area (Å²) in [6, 6.07) is 0. The molecule has 0 aromatic carbocycles. The molecular formula is C9H17F. The third-order valence-electron chi connectivity index (χ3n) is 0.791. The SMILES string of the molecule is C/C=C\C(F)=C(C)C.CC. The Kier molecular flexibility index (Phi) is 10.2. The van der Waals surface area contributed by atoms with Crippen molar-refractivity contribution in [3.63, 3.8) is 0 Å². The minimum absolute atomic E-state index is 0.132. The summed E-state index contributed by atoms with van der Waals surface area (Å²) in [5, 5.41) is 0. The van der Waals surface area contributed by atoms with E-state index in [0.29, 0.717) is 0 Å². The monoisotopic (exact) mass is 144 g/mol. The molecule has 0 aromatic rings. The third kappa shape index (κ3) is 7.41. The van der Waals surface area contributed by atoms with Gasteiger partial charge in [-0.15, -0.1) is 0 Å². The van der Waals surface area contributed by atoms with Gasteiger partial charge < -0.3 is 0 Å². The van der Waals surface area contributed by atoms with E-state index in [0.717, 1.165) is 5.57 Å². The van der Waals surface area contributed by atoms with Crippen molar-refractivity contribution in [1.29, 1.82) is 0 Å². The molecule has 1 heteroatoms. The van der Waals surface area contributed by atoms with E-state index in [-0.39, 0.29) is 5.83 Å². The quantitative estimate of drug-likeness (QED) is 0.490. The Morgan fingerprint density at radius 3 is 1.70 bits per heavy atom. The Bertz CT molecular complexity index is 117. The molecule has 0 saturated heterocycles. The first-order valence-electron chi connectivity index (χ1n) is 3.64. The van der Waals surface area contributed by atoms with Gasteiger partial charge in [-0.2, -0.15) is 0 Å². The molecule has 60 valence electrons. The van der Waals surface area contributed by atoms with Crippen LogP contribution in [0.15, 0.2) is 23.6 Å². The molecule has 0 aliphatic rings. The molecule has 0 aliphatic carbocycles. The van der Waals surface area contributed by atoms with Crippen molar-refractivity contribution in [3.8, 4) is 0 Å². The maximum atomic E-state index is 12.3. The molecule has 0 aromatic heterocycles. The standard InChI is InChI=1S/C7H11F.C2H6/c1-4-5-7(8)6(2)3;1-2/h4-5H,1-3H3;1-2H3/b5-4-;. The van der Waals surface area contributed by atoms with E-state index in [1.54, 1.807) is 26.8 Å². The lowest BCUT2D eigenvalue weighted by molar-refractivity contribution is 0.654. The first kappa shape index (κ1) is 12.1. The smallest absolute Gasteiger partial charge is 0.121 e. The van der Waals surface area contributed by atoms with Crippen LogP contribution < -0.4 is 0 Å². The van der Waals surface area contributed by atoms with Crippen molar-refractivity contribution < 1.29 is 4.39 Å². The van der Waals surface area contributed by atoms with Gasteiger partial charge >= 0.3 is 0 Å². The molecule has 0 amide bonds. The molecule has 0 unspecified atom stereocenters. The lowest BCUT2D eigenvalue weighted by Crippen LogP contribution is -1.68. The highest BCUT2D eigenvalue weighted by Gasteiger charge is 1.86. The van der Waals surface area contributed by atoms with Crippen LogP contribution in [0.1, 0.15) is 34.6 Å². The summed E-state index contributed by atoms with van der Waals surface area (Å²) in [7, 11) is 0. The Labute approximate surface area is 63.5 Å². The lowest BCUT2D eigenvalue weighted by Gasteiger charge is -1.87. The Morgan fingerprint density at radius 2 is 1.60 bits per heavy atom. The first-order valence-corrected chi connectivity index (χ1v) is 3.64. The zero-order valence-corrected chi connectivity index (χ0v) is 7.53. The van der Waals surface area contributed by atoms with Gasteiger partial charge in [-0.1, -0.05) is 19.9 Å². The van der Waals surface area contributed by atoms with Crippen LogP contribution >= 0.6 is 0 Å². The highest BCUT2D eigenvalue weighted by Crippen LogP contribution is 2.04. The zero-order valence-electron chi connectivity index (χ0n) is 7.53. The molecule has 0 atom stereocenters. The van der Waals surface area contributed by atoms with Crippen LogP contribution in [0.2, 0.25) is 0 Å². The van der Waals surface area contributed by atoms with Crippen molar-refractivity contribution in [2.24, 2.45) is 0 Å². The summed E-state index contributed by atoms with van der Waals surface area (Å²) in [6.45, 7) is 9.28. The van der Waals surface area contributed by atoms with E-state index in [2.05, 4.69) is 0 Å². The summed E-state index contributed by atoms with van der Waals surface area (Å²) in [6.07, 6.45) is 3.14. The van der Waals surface area contributed by atoms with E-state index in [9.17, 15) is 4.39 Å². The van der Waals surface area contributed by atoms with Gasteiger partial charge in [-0.25, -0.2) is 4.39 Å². The number of allylic oxidation sites excluding steroid dienone is 4. The molecule has 10 heavy (non-hydrogen) atoms. The molecule has 0 aliphatic heterocycles. The van der Waals surface area contributed by atoms with Crippen LogP contribution in [0.5, 0.6) is 0 Å². The molecule has 0 N–H and O–H groups in total. The Balaban J connectivity index is 0. The van der Waals surface area contributed by atoms with Gasteiger partial charge in [0.25, 0.3) is 0 Å². The molecule has 0 bridgehead atoms. The van der Waals surface area contributed by atoms with E-state index in [1.807, 2.05) is 13.8 Å². The molecule has 0 heterocycles. The van der Waals surface area contributed by atoms with Gasteiger partial charge in [0.05, 0.1) is 0 Å². The van der Waals surface area contributed by atoms with Crippen LogP contribution in [-0.4, -0.2) is 0 Å². The van der Waals surface area contributed by atoms with Gasteiger partial charge in [0.2, 0.25) is 0 Å². The highest BCUT2D eigenvalue weighted by molar-refractivity contribution is 5.15. The molecule has 0 spiro atoms.